The van der Waals surface area contributed by atoms with Crippen LogP contribution in [0.4, 0.5) is 11.5 Å². The molecule has 0 bridgehead atoms. The lowest BCUT2D eigenvalue weighted by molar-refractivity contribution is 0.102. The van der Waals surface area contributed by atoms with E-state index in [0.717, 1.165) is 5.69 Å². The van der Waals surface area contributed by atoms with E-state index >= 15 is 0 Å². The number of carbonyl (C=O) groups excluding carboxylic acids is 1. The first-order valence-electron chi connectivity index (χ1n) is 7.25. The topological polar surface area (TPSA) is 66.9 Å². The molecule has 0 unspecified atom stereocenters. The average Bonchev–Trinajstić information content (AvgIpc) is 3.03. The molecule has 2 N–H and O–H groups in total. The van der Waals surface area contributed by atoms with Crippen molar-refractivity contribution in [3.05, 3.63) is 48.4 Å². The van der Waals surface area contributed by atoms with Crippen molar-refractivity contribution < 1.29 is 4.79 Å². The predicted molar refractivity (Wildman–Crippen MR) is 82.3 cm³/mol. The summed E-state index contributed by atoms with van der Waals surface area (Å²) in [7, 11) is 0. The van der Waals surface area contributed by atoms with Crippen LogP contribution in [0.1, 0.15) is 36.0 Å². The van der Waals surface area contributed by atoms with Crippen LogP contribution in [-0.2, 0) is 0 Å². The summed E-state index contributed by atoms with van der Waals surface area (Å²) in [6.45, 7) is 0. The second kappa shape index (κ2) is 6.35. The Morgan fingerprint density at radius 1 is 1.14 bits per heavy atom. The molecule has 0 aliphatic heterocycles. The van der Waals surface area contributed by atoms with Gasteiger partial charge >= 0.3 is 0 Å². The van der Waals surface area contributed by atoms with Crippen LogP contribution in [0.15, 0.2) is 42.9 Å². The molecule has 5 nitrogen and oxygen atoms in total. The van der Waals surface area contributed by atoms with E-state index in [1.165, 1.54) is 31.9 Å². The Bertz CT molecular complexity index is 591. The highest BCUT2D eigenvalue weighted by atomic mass is 16.1. The number of hydrogen-bond donors (Lipinski definition) is 2. The van der Waals surface area contributed by atoms with E-state index in [1.54, 1.807) is 24.5 Å². The number of carbonyl (C=O) groups is 1. The Morgan fingerprint density at radius 2 is 2.00 bits per heavy atom. The molecule has 3 rings (SSSR count). The van der Waals surface area contributed by atoms with Gasteiger partial charge in [-0.25, -0.2) is 4.98 Å². The molecule has 21 heavy (non-hydrogen) atoms. The molecule has 2 aromatic rings. The SMILES string of the molecule is O=C(Nc1ccc(NC2CCCC2)cn1)c1cccnc1. The molecule has 2 heterocycles. The van der Waals surface area contributed by atoms with Crippen molar-refractivity contribution in [2.45, 2.75) is 31.7 Å². The molecule has 2 aromatic heterocycles. The summed E-state index contributed by atoms with van der Waals surface area (Å²) in [5.74, 6) is 0.341. The lowest BCUT2D eigenvalue weighted by Gasteiger charge is -2.13. The van der Waals surface area contributed by atoms with Crippen LogP contribution >= 0.6 is 0 Å². The fraction of sp³-hybridized carbons (Fsp3) is 0.312. The van der Waals surface area contributed by atoms with Crippen LogP contribution in [0, 0.1) is 0 Å². The Kier molecular flexibility index (Phi) is 4.09. The standard InChI is InChI=1S/C16H18N4O/c21-16(12-4-3-9-17-10-12)20-15-8-7-14(11-18-15)19-13-5-1-2-6-13/h3-4,7-11,13,19H,1-2,5-6H2,(H,18,20,21). The lowest BCUT2D eigenvalue weighted by atomic mass is 10.2. The quantitative estimate of drug-likeness (QED) is 0.904. The minimum Gasteiger partial charge on any atom is -0.381 e. The molecule has 0 atom stereocenters. The van der Waals surface area contributed by atoms with Crippen molar-refractivity contribution >= 4 is 17.4 Å². The number of pyridine rings is 2. The summed E-state index contributed by atoms with van der Waals surface area (Å²) in [5, 5.41) is 6.23. The number of nitrogens with zero attached hydrogens (tertiary/aromatic N) is 2. The molecule has 5 heteroatoms. The minimum atomic E-state index is -0.202. The highest BCUT2D eigenvalue weighted by Crippen LogP contribution is 2.22. The molecular formula is C16H18N4O. The average molecular weight is 282 g/mol. The van der Waals surface area contributed by atoms with Gasteiger partial charge in [-0.3, -0.25) is 9.78 Å². The maximum absolute atomic E-state index is 12.0. The van der Waals surface area contributed by atoms with Crippen molar-refractivity contribution in [1.82, 2.24) is 9.97 Å². The van der Waals surface area contributed by atoms with Crippen molar-refractivity contribution in [1.29, 1.82) is 0 Å². The second-order valence-corrected chi connectivity index (χ2v) is 5.25. The van der Waals surface area contributed by atoms with Gasteiger partial charge in [-0.1, -0.05) is 12.8 Å². The van der Waals surface area contributed by atoms with Gasteiger partial charge in [-0.05, 0) is 37.1 Å². The van der Waals surface area contributed by atoms with E-state index in [1.807, 2.05) is 12.1 Å². The summed E-state index contributed by atoms with van der Waals surface area (Å²) in [4.78, 5) is 20.2. The Balaban J connectivity index is 1.60. The zero-order valence-electron chi connectivity index (χ0n) is 11.7. The highest BCUT2D eigenvalue weighted by molar-refractivity contribution is 6.03. The van der Waals surface area contributed by atoms with Gasteiger partial charge in [0.2, 0.25) is 0 Å². The summed E-state index contributed by atoms with van der Waals surface area (Å²) in [6.07, 6.45) is 9.97. The zero-order chi connectivity index (χ0) is 14.5. The maximum atomic E-state index is 12.0. The van der Waals surface area contributed by atoms with Gasteiger partial charge in [0.15, 0.2) is 0 Å². The minimum absolute atomic E-state index is 0.202. The molecule has 0 radical (unpaired) electrons. The molecule has 1 amide bonds. The lowest BCUT2D eigenvalue weighted by Crippen LogP contribution is -2.15. The predicted octanol–water partition coefficient (Wildman–Crippen LogP) is 3.08. The van der Waals surface area contributed by atoms with Gasteiger partial charge in [0.25, 0.3) is 5.91 Å². The highest BCUT2D eigenvalue weighted by Gasteiger charge is 2.14. The van der Waals surface area contributed by atoms with Crippen LogP contribution in [0.25, 0.3) is 0 Å². The van der Waals surface area contributed by atoms with Crippen molar-refractivity contribution in [3.8, 4) is 0 Å². The van der Waals surface area contributed by atoms with E-state index in [0.29, 0.717) is 17.4 Å². The fourth-order valence-corrected chi connectivity index (χ4v) is 2.54. The van der Waals surface area contributed by atoms with Gasteiger partial charge in [-0.15, -0.1) is 0 Å². The van der Waals surface area contributed by atoms with Crippen molar-refractivity contribution in [2.24, 2.45) is 0 Å². The first-order chi connectivity index (χ1) is 10.3. The Labute approximate surface area is 123 Å². The number of nitrogens with one attached hydrogen (secondary N) is 2. The van der Waals surface area contributed by atoms with Gasteiger partial charge in [0.1, 0.15) is 5.82 Å². The third kappa shape index (κ3) is 3.56. The number of anilines is 2. The van der Waals surface area contributed by atoms with E-state index in [4.69, 9.17) is 0 Å². The van der Waals surface area contributed by atoms with E-state index in [9.17, 15) is 4.79 Å². The van der Waals surface area contributed by atoms with Crippen LogP contribution in [-0.4, -0.2) is 21.9 Å². The summed E-state index contributed by atoms with van der Waals surface area (Å²) in [6, 6.07) is 7.77. The largest absolute Gasteiger partial charge is 0.381 e. The zero-order valence-corrected chi connectivity index (χ0v) is 11.7. The normalized spacial score (nSPS) is 14.9. The molecule has 1 saturated carbocycles. The van der Waals surface area contributed by atoms with E-state index < -0.39 is 0 Å². The molecule has 1 aliphatic rings. The Morgan fingerprint density at radius 3 is 2.67 bits per heavy atom. The first kappa shape index (κ1) is 13.5. The van der Waals surface area contributed by atoms with Gasteiger partial charge < -0.3 is 10.6 Å². The summed E-state index contributed by atoms with van der Waals surface area (Å²) < 4.78 is 0. The van der Waals surface area contributed by atoms with Crippen LogP contribution < -0.4 is 10.6 Å². The van der Waals surface area contributed by atoms with Crippen LogP contribution in [0.5, 0.6) is 0 Å². The fourth-order valence-electron chi connectivity index (χ4n) is 2.54. The first-order valence-corrected chi connectivity index (χ1v) is 7.25. The molecule has 0 saturated heterocycles. The maximum Gasteiger partial charge on any atom is 0.258 e. The number of hydrogen-bond acceptors (Lipinski definition) is 4. The van der Waals surface area contributed by atoms with Gasteiger partial charge in [0, 0.05) is 18.4 Å². The van der Waals surface area contributed by atoms with Crippen molar-refractivity contribution in [2.75, 3.05) is 10.6 Å². The Hall–Kier alpha value is -2.43. The number of rotatable bonds is 4. The van der Waals surface area contributed by atoms with Crippen LogP contribution in [0.2, 0.25) is 0 Å². The molecule has 1 fully saturated rings. The van der Waals surface area contributed by atoms with Crippen molar-refractivity contribution in [3.63, 3.8) is 0 Å². The molecule has 108 valence electrons. The number of amides is 1. The molecule has 0 aromatic carbocycles. The number of aromatic nitrogens is 2. The third-order valence-electron chi connectivity index (χ3n) is 3.65. The second-order valence-electron chi connectivity index (χ2n) is 5.25. The molecule has 0 spiro atoms. The smallest absolute Gasteiger partial charge is 0.258 e. The molecular weight excluding hydrogens is 264 g/mol. The van der Waals surface area contributed by atoms with E-state index in [-0.39, 0.29) is 5.91 Å². The summed E-state index contributed by atoms with van der Waals surface area (Å²) in [5.41, 5.74) is 1.52. The molecule has 1 aliphatic carbocycles. The van der Waals surface area contributed by atoms with Gasteiger partial charge in [0.05, 0.1) is 17.4 Å². The van der Waals surface area contributed by atoms with Gasteiger partial charge in [-0.2, -0.15) is 0 Å². The monoisotopic (exact) mass is 282 g/mol. The summed E-state index contributed by atoms with van der Waals surface area (Å²) >= 11 is 0. The van der Waals surface area contributed by atoms with E-state index in [2.05, 4.69) is 20.6 Å². The third-order valence-corrected chi connectivity index (χ3v) is 3.65. The van der Waals surface area contributed by atoms with Crippen LogP contribution in [0.3, 0.4) is 0 Å².